The summed E-state index contributed by atoms with van der Waals surface area (Å²) in [5.41, 5.74) is 0.568. The zero-order valence-electron chi connectivity index (χ0n) is 42.0. The molecular weight excluding hydrogens is 903 g/mol. The highest BCUT2D eigenvalue weighted by Gasteiger charge is 2.80. The van der Waals surface area contributed by atoms with E-state index < -0.39 is 57.4 Å². The van der Waals surface area contributed by atoms with Crippen molar-refractivity contribution >= 4 is 51.4 Å². The van der Waals surface area contributed by atoms with Crippen LogP contribution in [0, 0.1) is 11.3 Å². The monoisotopic (exact) mass is 967 g/mol. The zero-order valence-corrected chi connectivity index (χ0v) is 42.0. The number of fused-ring (bicyclic) bond motifs is 7. The normalized spacial score (nSPS) is 32.7. The van der Waals surface area contributed by atoms with E-state index in [2.05, 4.69) is 56.3 Å². The maximum absolute atomic E-state index is 15.8. The number of carbonyl (C=O) groups is 4. The van der Waals surface area contributed by atoms with Gasteiger partial charge in [0.25, 0.3) is 5.91 Å². The number of aromatic amines is 1. The lowest BCUT2D eigenvalue weighted by Crippen LogP contribution is -2.81. The molecule has 3 N–H and O–H groups in total. The van der Waals surface area contributed by atoms with Crippen LogP contribution in [0.3, 0.4) is 0 Å². The Morgan fingerprint density at radius 1 is 0.930 bits per heavy atom. The van der Waals surface area contributed by atoms with E-state index in [4.69, 9.17) is 18.9 Å². The van der Waals surface area contributed by atoms with Crippen LogP contribution in [0.2, 0.25) is 0 Å². The number of nitrogens with one attached hydrogen (secondary N) is 2. The Morgan fingerprint density at radius 2 is 1.72 bits per heavy atom. The summed E-state index contributed by atoms with van der Waals surface area (Å²) >= 11 is 0. The number of aromatic nitrogens is 3. The van der Waals surface area contributed by atoms with Gasteiger partial charge in [-0.3, -0.25) is 19.3 Å². The third-order valence-electron chi connectivity index (χ3n) is 18.0. The second-order valence-corrected chi connectivity index (χ2v) is 21.3. The van der Waals surface area contributed by atoms with Crippen LogP contribution in [0.25, 0.3) is 21.9 Å². The average molecular weight is 968 g/mol. The number of methoxy groups -OCH3 is 3. The quantitative estimate of drug-likeness (QED) is 0.0984. The number of hydrogen-bond acceptors (Lipinski definition) is 13. The average Bonchev–Trinajstić information content (AvgIpc) is 4.14. The minimum Gasteiger partial charge on any atom is -0.496 e. The van der Waals surface area contributed by atoms with Gasteiger partial charge >= 0.3 is 17.9 Å². The molecule has 0 radical (unpaired) electrons. The highest BCUT2D eigenvalue weighted by Crippen LogP contribution is 2.68. The summed E-state index contributed by atoms with van der Waals surface area (Å²) in [7, 11) is 8.10. The highest BCUT2D eigenvalue weighted by atomic mass is 16.6. The number of nitrogens with zero attached hydrogens (tertiary/aromatic N) is 5. The number of ether oxygens (including phenoxy) is 4. The highest BCUT2D eigenvalue weighted by molar-refractivity contribution is 5.98. The molecule has 3 fully saturated rings. The van der Waals surface area contributed by atoms with Crippen LogP contribution >= 0.6 is 0 Å². The van der Waals surface area contributed by atoms with Crippen LogP contribution in [0.15, 0.2) is 73.1 Å². The lowest BCUT2D eigenvalue weighted by molar-refractivity contribution is -0.228. The summed E-state index contributed by atoms with van der Waals surface area (Å²) in [6, 6.07) is 16.5. The van der Waals surface area contributed by atoms with Crippen LogP contribution in [-0.2, 0) is 52.9 Å². The molecule has 10 atom stereocenters. The van der Waals surface area contributed by atoms with Gasteiger partial charge in [0.2, 0.25) is 5.60 Å². The van der Waals surface area contributed by atoms with Crippen LogP contribution in [-0.4, -0.2) is 144 Å². The first-order valence-electron chi connectivity index (χ1n) is 25.1. The van der Waals surface area contributed by atoms with E-state index in [0.29, 0.717) is 88.1 Å². The number of hydrogen-bond donors (Lipinski definition) is 3. The minimum absolute atomic E-state index is 0.146. The number of aliphatic hydroxyl groups is 1. The maximum Gasteiger partial charge on any atom is 0.344 e. The molecule has 1 amide bonds. The molecule has 1 saturated carbocycles. The number of imidazole rings is 1. The predicted octanol–water partition coefficient (Wildman–Crippen LogP) is 5.32. The van der Waals surface area contributed by atoms with Gasteiger partial charge in [0.05, 0.1) is 50.3 Å². The molecule has 16 nitrogen and oxygen atoms in total. The van der Waals surface area contributed by atoms with Crippen molar-refractivity contribution in [3.05, 3.63) is 101 Å². The molecule has 5 aliphatic heterocycles. The molecule has 2 saturated heterocycles. The van der Waals surface area contributed by atoms with E-state index in [1.165, 1.54) is 21.1 Å². The maximum atomic E-state index is 15.8. The van der Waals surface area contributed by atoms with Gasteiger partial charge in [-0.2, -0.15) is 0 Å². The van der Waals surface area contributed by atoms with Crippen LogP contribution in [0.5, 0.6) is 5.75 Å². The Morgan fingerprint density at radius 3 is 2.45 bits per heavy atom. The Labute approximate surface area is 413 Å². The number of benzene rings is 3. The number of anilines is 1. The third-order valence-corrected chi connectivity index (χ3v) is 18.0. The Hall–Kier alpha value is -6.23. The zero-order chi connectivity index (χ0) is 50.0. The summed E-state index contributed by atoms with van der Waals surface area (Å²) in [6.45, 7) is 8.68. The molecule has 2 bridgehead atoms. The fourth-order valence-electron chi connectivity index (χ4n) is 15.3. The lowest BCUT2D eigenvalue weighted by Gasteiger charge is -2.63. The third kappa shape index (κ3) is 6.41. The van der Waals surface area contributed by atoms with Crippen molar-refractivity contribution in [1.82, 2.24) is 29.7 Å². The summed E-state index contributed by atoms with van der Waals surface area (Å²) < 4.78 is 26.2. The van der Waals surface area contributed by atoms with E-state index in [9.17, 15) is 19.5 Å². The molecule has 3 aromatic carbocycles. The molecule has 2 aromatic heterocycles. The van der Waals surface area contributed by atoms with Crippen LogP contribution in [0.4, 0.5) is 5.69 Å². The van der Waals surface area contributed by atoms with Gasteiger partial charge in [-0.15, -0.1) is 0 Å². The molecule has 7 heterocycles. The first kappa shape index (κ1) is 47.1. The molecule has 5 aromatic rings. The summed E-state index contributed by atoms with van der Waals surface area (Å²) in [5.74, 6) is -1.85. The number of esters is 3. The summed E-state index contributed by atoms with van der Waals surface area (Å²) in [4.78, 5) is 73.1. The number of piperidine rings is 1. The molecule has 1 aliphatic carbocycles. The number of amides is 1. The smallest absolute Gasteiger partial charge is 0.344 e. The fraction of sp³-hybridized carbons (Fsp3) is 0.509. The SMILES string of the molecule is CC[C@]1(NC(=O)c2ccc3c(c2)ncn3C)C[C@H]2CN(CCc3c([nH]c4ccccc34)[C@@](C(=O)OC)(c3cc4c(cc3OC)N(C)[C@H]3[C@@](O)(C(=O)OC)[C@H](OC(C)=O)[C@]5(CC)C=CCN6CC[C@]43[C@@H]65)C2)C1. The largest absolute Gasteiger partial charge is 0.496 e. The first-order chi connectivity index (χ1) is 34.1. The van der Waals surface area contributed by atoms with E-state index in [0.717, 1.165) is 44.4 Å². The van der Waals surface area contributed by atoms with Crippen molar-refractivity contribution in [2.75, 3.05) is 66.0 Å². The summed E-state index contributed by atoms with van der Waals surface area (Å²) in [6.07, 6.45) is 7.68. The fourth-order valence-corrected chi connectivity index (χ4v) is 15.3. The van der Waals surface area contributed by atoms with Crippen LogP contribution < -0.4 is 15.0 Å². The standard InChI is InChI=1S/C55H65N7O9/c1-9-51(58-45(64)34-16-17-41-40(24-34)56-31-59(41)4)27-33-28-54(49(65)69-7,44-36(18-22-61(29-33)30-51)35-14-11-12-15-39(35)57-44)38-25-37-42(26-43(38)68-6)60(5)47-53(37)20-23-62-21-13-19-52(10-2,46(53)62)48(71-32(3)63)55(47,67)50(66)70-8/h11-17,19,24-26,31,33,46-48,57,67H,9-10,18,20-23,27-30H2,1-8H3,(H,58,64)/t33-,46+,47-,48-,51+,52-,53-,54+,55+/m1/s1. The van der Waals surface area contributed by atoms with E-state index in [-0.39, 0.29) is 17.9 Å². The Bertz CT molecular complexity index is 3060. The molecule has 6 aliphatic rings. The molecule has 374 valence electrons. The van der Waals surface area contributed by atoms with Crippen molar-refractivity contribution in [1.29, 1.82) is 0 Å². The number of carbonyl (C=O) groups excluding carboxylic acids is 4. The minimum atomic E-state index is -2.34. The van der Waals surface area contributed by atoms with Crippen molar-refractivity contribution in [3.63, 3.8) is 0 Å². The second kappa shape index (κ2) is 16.7. The molecular formula is C55H65N7O9. The van der Waals surface area contributed by atoms with Crippen molar-refractivity contribution in [2.45, 2.75) is 99.5 Å². The van der Waals surface area contributed by atoms with Gasteiger partial charge in [0.1, 0.15) is 11.2 Å². The van der Waals surface area contributed by atoms with E-state index >= 15 is 4.79 Å². The van der Waals surface area contributed by atoms with Crippen molar-refractivity contribution in [2.24, 2.45) is 18.4 Å². The molecule has 16 heteroatoms. The van der Waals surface area contributed by atoms with Crippen molar-refractivity contribution in [3.8, 4) is 5.75 Å². The number of rotatable bonds is 9. The van der Waals surface area contributed by atoms with E-state index in [1.54, 1.807) is 13.4 Å². The number of para-hydroxylation sites is 1. The van der Waals surface area contributed by atoms with Crippen LogP contribution in [0.1, 0.15) is 85.6 Å². The van der Waals surface area contributed by atoms with Gasteiger partial charge < -0.3 is 48.7 Å². The second-order valence-electron chi connectivity index (χ2n) is 21.3. The van der Waals surface area contributed by atoms with Gasteiger partial charge in [0.15, 0.2) is 6.10 Å². The predicted molar refractivity (Wildman–Crippen MR) is 266 cm³/mol. The number of aryl methyl sites for hydroxylation is 1. The van der Waals surface area contributed by atoms with Gasteiger partial charge in [-0.1, -0.05) is 44.2 Å². The lowest BCUT2D eigenvalue weighted by atomic mass is 9.47. The molecule has 1 unspecified atom stereocenters. The first-order valence-corrected chi connectivity index (χ1v) is 25.1. The molecule has 1 spiro atoms. The van der Waals surface area contributed by atoms with Gasteiger partial charge in [0, 0.05) is 104 Å². The Balaban J connectivity index is 1.12. The summed E-state index contributed by atoms with van der Waals surface area (Å²) in [5, 5.41) is 18.0. The van der Waals surface area contributed by atoms with E-state index in [1.807, 2.05) is 73.0 Å². The van der Waals surface area contributed by atoms with Crippen molar-refractivity contribution < 1.29 is 43.2 Å². The topological polar surface area (TPSA) is 181 Å². The Kier molecular flexibility index (Phi) is 11.1. The molecule has 71 heavy (non-hydrogen) atoms. The number of likely N-dealkylation sites (N-methyl/N-ethyl adjacent to an activating group) is 1. The van der Waals surface area contributed by atoms with Gasteiger partial charge in [-0.05, 0) is 92.4 Å². The number of H-pyrrole nitrogens is 1. The molecule has 11 rings (SSSR count). The van der Waals surface area contributed by atoms with Gasteiger partial charge in [-0.25, -0.2) is 9.78 Å².